The van der Waals surface area contributed by atoms with Gasteiger partial charge in [0.05, 0.1) is 26.9 Å². The van der Waals surface area contributed by atoms with Crippen molar-refractivity contribution in [2.75, 3.05) is 0 Å². The Kier molecular flexibility index (Phi) is 4.43. The van der Waals surface area contributed by atoms with Gasteiger partial charge in [0.2, 0.25) is 0 Å². The molecule has 0 aliphatic carbocycles. The molecule has 30 heavy (non-hydrogen) atoms. The molecule has 0 aromatic heterocycles. The maximum absolute atomic E-state index is 11.5. The van der Waals surface area contributed by atoms with Gasteiger partial charge >= 0.3 is 11.4 Å². The van der Waals surface area contributed by atoms with Crippen molar-refractivity contribution in [3.8, 4) is 11.5 Å². The second-order valence-electron chi connectivity index (χ2n) is 6.32. The molecule has 4 aromatic rings. The van der Waals surface area contributed by atoms with Gasteiger partial charge in [-0.25, -0.2) is 0 Å². The van der Waals surface area contributed by atoms with Crippen LogP contribution in [0.2, 0.25) is 0 Å². The molecule has 0 heterocycles. The van der Waals surface area contributed by atoms with Crippen LogP contribution in [0.4, 0.5) is 17.1 Å². The lowest BCUT2D eigenvalue weighted by molar-refractivity contribution is -0.404. The number of hydrogen-bond donors (Lipinski definition) is 0. The third-order valence-corrected chi connectivity index (χ3v) is 4.60. The van der Waals surface area contributed by atoms with Crippen molar-refractivity contribution < 1.29 is 19.5 Å². The van der Waals surface area contributed by atoms with Gasteiger partial charge in [0.1, 0.15) is 5.75 Å². The molecule has 0 bridgehead atoms. The van der Waals surface area contributed by atoms with Crippen LogP contribution in [-0.2, 0) is 0 Å². The molecule has 0 aliphatic heterocycles. The van der Waals surface area contributed by atoms with E-state index < -0.39 is 37.6 Å². The number of nitro groups is 3. The van der Waals surface area contributed by atoms with Gasteiger partial charge in [-0.2, -0.15) is 0 Å². The van der Waals surface area contributed by atoms with Crippen LogP contribution in [0.1, 0.15) is 0 Å². The molecule has 0 fully saturated rings. The van der Waals surface area contributed by atoms with Crippen molar-refractivity contribution in [1.29, 1.82) is 0 Å². The molecular weight excluding hydrogens is 394 g/mol. The molecule has 10 nitrogen and oxygen atoms in total. The molecule has 0 amide bonds. The molecule has 0 unspecified atom stereocenters. The molecule has 0 atom stereocenters. The highest BCUT2D eigenvalue weighted by molar-refractivity contribution is 6.09. The fraction of sp³-hybridized carbons (Fsp3) is 0. The Labute approximate surface area is 167 Å². The van der Waals surface area contributed by atoms with Gasteiger partial charge in [-0.15, -0.1) is 0 Å². The summed E-state index contributed by atoms with van der Waals surface area (Å²) in [7, 11) is 0. The molecule has 148 valence electrons. The summed E-state index contributed by atoms with van der Waals surface area (Å²) < 4.78 is 5.65. The zero-order valence-electron chi connectivity index (χ0n) is 15.1. The van der Waals surface area contributed by atoms with E-state index in [1.165, 1.54) is 6.07 Å². The number of nitrogens with zero attached hydrogens (tertiary/aromatic N) is 3. The highest BCUT2D eigenvalue weighted by Gasteiger charge is 2.33. The Bertz CT molecular complexity index is 1330. The van der Waals surface area contributed by atoms with Gasteiger partial charge < -0.3 is 4.74 Å². The quantitative estimate of drug-likeness (QED) is 0.242. The predicted molar refractivity (Wildman–Crippen MR) is 108 cm³/mol. The number of non-ortho nitro benzene ring substituents is 1. The minimum absolute atomic E-state index is 0.151. The summed E-state index contributed by atoms with van der Waals surface area (Å²) in [6.07, 6.45) is 0. The first-order chi connectivity index (χ1) is 14.4. The third kappa shape index (κ3) is 3.11. The molecular formula is C20H11N3O7. The van der Waals surface area contributed by atoms with Crippen LogP contribution in [0.25, 0.3) is 21.5 Å². The summed E-state index contributed by atoms with van der Waals surface area (Å²) in [5, 5.41) is 37.2. The Morgan fingerprint density at radius 2 is 1.27 bits per heavy atom. The highest BCUT2D eigenvalue weighted by Crippen LogP contribution is 2.44. The number of ether oxygens (including phenoxy) is 1. The Hall–Kier alpha value is -4.60. The molecule has 0 spiro atoms. The van der Waals surface area contributed by atoms with Crippen molar-refractivity contribution >= 4 is 38.6 Å². The van der Waals surface area contributed by atoms with Gasteiger partial charge in [0.25, 0.3) is 11.4 Å². The van der Waals surface area contributed by atoms with Crippen LogP contribution >= 0.6 is 0 Å². The van der Waals surface area contributed by atoms with Crippen molar-refractivity contribution in [3.63, 3.8) is 0 Å². The van der Waals surface area contributed by atoms with E-state index in [4.69, 9.17) is 4.74 Å². The van der Waals surface area contributed by atoms with Crippen LogP contribution < -0.4 is 4.74 Å². The summed E-state index contributed by atoms with van der Waals surface area (Å²) in [5.41, 5.74) is -2.51. The standard InChI is InChI=1S/C20H11N3O7/c24-21(25)13-10-17(22(26)27)20(18(11-13)23(28)29)30-19-7-3-6-15-14-5-2-1-4-12(14)8-9-16(15)19/h1-11H. The van der Waals surface area contributed by atoms with E-state index in [-0.39, 0.29) is 5.75 Å². The molecule has 0 saturated heterocycles. The van der Waals surface area contributed by atoms with Crippen LogP contribution in [0.15, 0.2) is 66.7 Å². The molecule has 0 N–H and O–H groups in total. The minimum atomic E-state index is -0.949. The van der Waals surface area contributed by atoms with E-state index in [9.17, 15) is 30.3 Å². The summed E-state index contributed by atoms with van der Waals surface area (Å²) in [6, 6.07) is 17.5. The van der Waals surface area contributed by atoms with Crippen molar-refractivity contribution in [2.45, 2.75) is 0 Å². The fourth-order valence-corrected chi connectivity index (χ4v) is 3.28. The summed E-state index contributed by atoms with van der Waals surface area (Å²) >= 11 is 0. The van der Waals surface area contributed by atoms with Crippen molar-refractivity contribution in [2.24, 2.45) is 0 Å². The van der Waals surface area contributed by atoms with Gasteiger partial charge in [-0.3, -0.25) is 30.3 Å². The molecule has 0 saturated carbocycles. The second kappa shape index (κ2) is 7.09. The topological polar surface area (TPSA) is 139 Å². The number of nitro benzene ring substituents is 3. The first-order valence-corrected chi connectivity index (χ1v) is 8.56. The number of hydrogen-bond acceptors (Lipinski definition) is 7. The first kappa shape index (κ1) is 18.7. The molecule has 4 rings (SSSR count). The molecule has 0 aliphatic rings. The number of rotatable bonds is 5. The second-order valence-corrected chi connectivity index (χ2v) is 6.32. The van der Waals surface area contributed by atoms with Crippen LogP contribution in [0.5, 0.6) is 11.5 Å². The number of fused-ring (bicyclic) bond motifs is 3. The van der Waals surface area contributed by atoms with E-state index >= 15 is 0 Å². The van der Waals surface area contributed by atoms with Gasteiger partial charge in [-0.05, 0) is 28.3 Å². The van der Waals surface area contributed by atoms with E-state index in [1.807, 2.05) is 36.4 Å². The lowest BCUT2D eigenvalue weighted by atomic mass is 10.0. The Morgan fingerprint density at radius 1 is 0.633 bits per heavy atom. The SMILES string of the molecule is O=[N+]([O-])c1cc([N+](=O)[O-])c(Oc2cccc3c2ccc2ccccc23)c([N+](=O)[O-])c1. The Morgan fingerprint density at radius 3 is 1.90 bits per heavy atom. The zero-order chi connectivity index (χ0) is 21.4. The van der Waals surface area contributed by atoms with Gasteiger partial charge in [0.15, 0.2) is 0 Å². The maximum atomic E-state index is 11.5. The monoisotopic (exact) mass is 405 g/mol. The van der Waals surface area contributed by atoms with E-state index in [1.54, 1.807) is 12.1 Å². The zero-order valence-corrected chi connectivity index (χ0v) is 15.1. The summed E-state index contributed by atoms with van der Waals surface area (Å²) in [4.78, 5) is 31.2. The highest BCUT2D eigenvalue weighted by atomic mass is 16.6. The van der Waals surface area contributed by atoms with E-state index in [0.29, 0.717) is 17.5 Å². The fourth-order valence-electron chi connectivity index (χ4n) is 3.28. The summed E-state index contributed by atoms with van der Waals surface area (Å²) in [5.74, 6) is -0.519. The lowest BCUT2D eigenvalue weighted by Crippen LogP contribution is -2.01. The van der Waals surface area contributed by atoms with Gasteiger partial charge in [0, 0.05) is 5.39 Å². The number of benzene rings is 4. The Balaban J connectivity index is 1.96. The third-order valence-electron chi connectivity index (χ3n) is 4.60. The molecule has 10 heteroatoms. The van der Waals surface area contributed by atoms with Crippen molar-refractivity contribution in [1.82, 2.24) is 0 Å². The van der Waals surface area contributed by atoms with E-state index in [0.717, 1.165) is 16.2 Å². The lowest BCUT2D eigenvalue weighted by Gasteiger charge is -2.11. The smallest absolute Gasteiger partial charge is 0.325 e. The van der Waals surface area contributed by atoms with Crippen LogP contribution in [0.3, 0.4) is 0 Å². The van der Waals surface area contributed by atoms with Crippen LogP contribution in [0, 0.1) is 30.3 Å². The van der Waals surface area contributed by atoms with E-state index in [2.05, 4.69) is 0 Å². The van der Waals surface area contributed by atoms with Crippen molar-refractivity contribution in [3.05, 3.63) is 97.1 Å². The minimum Gasteiger partial charge on any atom is -0.444 e. The van der Waals surface area contributed by atoms with Crippen LogP contribution in [-0.4, -0.2) is 14.8 Å². The predicted octanol–water partition coefficient (Wildman–Crippen LogP) is 5.51. The largest absolute Gasteiger partial charge is 0.444 e. The molecule has 0 radical (unpaired) electrons. The average Bonchev–Trinajstić information content (AvgIpc) is 2.73. The maximum Gasteiger partial charge on any atom is 0.325 e. The normalized spacial score (nSPS) is 10.8. The summed E-state index contributed by atoms with van der Waals surface area (Å²) in [6.45, 7) is 0. The average molecular weight is 405 g/mol. The molecule has 4 aromatic carbocycles. The van der Waals surface area contributed by atoms with Gasteiger partial charge in [-0.1, -0.05) is 42.5 Å². The first-order valence-electron chi connectivity index (χ1n) is 8.56.